The van der Waals surface area contributed by atoms with Crippen LogP contribution in [0.15, 0.2) is 0 Å². The molecule has 0 radical (unpaired) electrons. The minimum Gasteiger partial charge on any atom is -0.443 e. The van der Waals surface area contributed by atoms with Gasteiger partial charge in [-0.1, -0.05) is 41.5 Å². The van der Waals surface area contributed by atoms with Gasteiger partial charge in [0.2, 0.25) is 0 Å². The number of fused-ring (bicyclic) bond motifs is 4. The first kappa shape index (κ1) is 26.4. The fraction of sp³-hybridized carbons (Fsp3) is 0.969. The fourth-order valence-electron chi connectivity index (χ4n) is 11.9. The molecule has 2 spiro atoms. The van der Waals surface area contributed by atoms with Gasteiger partial charge in [0.25, 0.3) is 0 Å². The van der Waals surface area contributed by atoms with Crippen molar-refractivity contribution in [3.8, 4) is 0 Å². The van der Waals surface area contributed by atoms with Crippen molar-refractivity contribution in [1.29, 1.82) is 0 Å². The molecular formula is C32H53NO4. The van der Waals surface area contributed by atoms with Crippen LogP contribution < -0.4 is 0 Å². The van der Waals surface area contributed by atoms with Crippen LogP contribution in [-0.2, 0) is 9.47 Å². The summed E-state index contributed by atoms with van der Waals surface area (Å²) in [5, 5.41) is 10.9. The molecule has 0 aromatic heterocycles. The minimum absolute atomic E-state index is 0.0125. The van der Waals surface area contributed by atoms with Crippen molar-refractivity contribution in [3.05, 3.63) is 0 Å². The van der Waals surface area contributed by atoms with Gasteiger partial charge in [-0.25, -0.2) is 4.79 Å². The Morgan fingerprint density at radius 3 is 2.41 bits per heavy atom. The average molecular weight is 516 g/mol. The second-order valence-electron chi connectivity index (χ2n) is 15.9. The van der Waals surface area contributed by atoms with E-state index in [4.69, 9.17) is 9.47 Å². The van der Waals surface area contributed by atoms with E-state index in [0.717, 1.165) is 24.7 Å². The summed E-state index contributed by atoms with van der Waals surface area (Å²) in [4.78, 5) is 14.0. The van der Waals surface area contributed by atoms with E-state index in [1.165, 1.54) is 49.8 Å². The van der Waals surface area contributed by atoms with Crippen molar-refractivity contribution in [2.45, 2.75) is 124 Å². The number of nitrogens with zero attached hydrogens (tertiary/aromatic N) is 1. The van der Waals surface area contributed by atoms with Gasteiger partial charge in [0, 0.05) is 14.1 Å². The Kier molecular flexibility index (Phi) is 5.96. The molecule has 0 aromatic rings. The van der Waals surface area contributed by atoms with E-state index in [1.54, 1.807) is 14.1 Å². The van der Waals surface area contributed by atoms with Crippen molar-refractivity contribution in [2.24, 2.45) is 57.2 Å². The zero-order valence-corrected chi connectivity index (χ0v) is 24.8. The molecule has 0 aromatic carbocycles. The van der Waals surface area contributed by atoms with Crippen molar-refractivity contribution in [1.82, 2.24) is 4.90 Å². The molecule has 1 saturated heterocycles. The Balaban J connectivity index is 1.25. The van der Waals surface area contributed by atoms with E-state index in [1.807, 2.05) is 0 Å². The van der Waals surface area contributed by atoms with Crippen LogP contribution in [0, 0.1) is 57.2 Å². The van der Waals surface area contributed by atoms with Crippen LogP contribution in [0.4, 0.5) is 4.79 Å². The van der Waals surface area contributed by atoms with E-state index in [0.29, 0.717) is 34.0 Å². The lowest BCUT2D eigenvalue weighted by Crippen LogP contribution is -2.55. The molecule has 5 unspecified atom stereocenters. The van der Waals surface area contributed by atoms with Gasteiger partial charge in [0.05, 0.1) is 18.3 Å². The third-order valence-corrected chi connectivity index (χ3v) is 13.5. The molecule has 37 heavy (non-hydrogen) atoms. The number of aliphatic hydroxyl groups is 1. The van der Waals surface area contributed by atoms with Crippen molar-refractivity contribution in [3.63, 3.8) is 0 Å². The van der Waals surface area contributed by atoms with Crippen LogP contribution in [-0.4, -0.2) is 54.6 Å². The predicted molar refractivity (Wildman–Crippen MR) is 145 cm³/mol. The Hall–Kier alpha value is -0.810. The molecule has 5 heteroatoms. The normalized spacial score (nSPS) is 52.2. The Morgan fingerprint density at radius 1 is 1.00 bits per heavy atom. The summed E-state index contributed by atoms with van der Waals surface area (Å²) in [6.45, 7) is 14.1. The van der Waals surface area contributed by atoms with Crippen LogP contribution in [0.1, 0.15) is 99.3 Å². The summed E-state index contributed by atoms with van der Waals surface area (Å²) >= 11 is 0. The molecule has 1 aliphatic heterocycles. The Labute approximate surface area is 225 Å². The second kappa shape index (κ2) is 8.35. The molecule has 5 aliphatic carbocycles. The molecule has 6 fully saturated rings. The van der Waals surface area contributed by atoms with E-state index in [2.05, 4.69) is 41.5 Å². The molecular weight excluding hydrogens is 462 g/mol. The van der Waals surface area contributed by atoms with Gasteiger partial charge >= 0.3 is 6.09 Å². The molecule has 1 heterocycles. The minimum atomic E-state index is -0.262. The molecule has 6 rings (SSSR count). The fourth-order valence-corrected chi connectivity index (χ4v) is 11.9. The number of carbonyl (C=O) groups excluding carboxylic acids is 1. The number of hydrogen-bond donors (Lipinski definition) is 1. The summed E-state index contributed by atoms with van der Waals surface area (Å²) in [6, 6.07) is 0. The molecule has 6 aliphatic rings. The lowest BCUT2D eigenvalue weighted by molar-refractivity contribution is -0.166. The third kappa shape index (κ3) is 3.44. The van der Waals surface area contributed by atoms with E-state index in [-0.39, 0.29) is 41.8 Å². The highest BCUT2D eigenvalue weighted by molar-refractivity contribution is 5.67. The van der Waals surface area contributed by atoms with Crippen LogP contribution in [0.5, 0.6) is 0 Å². The lowest BCUT2D eigenvalue weighted by atomic mass is 9.46. The van der Waals surface area contributed by atoms with Crippen molar-refractivity contribution >= 4 is 6.09 Å². The molecule has 1 N–H and O–H groups in total. The summed E-state index contributed by atoms with van der Waals surface area (Å²) in [7, 11) is 3.51. The maximum atomic E-state index is 12.5. The second-order valence-corrected chi connectivity index (χ2v) is 15.9. The first-order valence-electron chi connectivity index (χ1n) is 15.5. The molecule has 0 bridgehead atoms. The SMILES string of the molecule is CC(C)[C@@H](OC(=O)N(C)C)C1C[C@@H](C)C2C(CC3C4CC[C@H]5C(C)(C)[C@@H](O)CC[C@@]56C[C@@]46CC[C@@]32C)O1. The van der Waals surface area contributed by atoms with Crippen LogP contribution >= 0.6 is 0 Å². The van der Waals surface area contributed by atoms with Crippen LogP contribution in [0.25, 0.3) is 0 Å². The molecule has 5 nitrogen and oxygen atoms in total. The highest BCUT2D eigenvalue weighted by Crippen LogP contribution is 2.87. The zero-order chi connectivity index (χ0) is 26.7. The number of amides is 1. The lowest BCUT2D eigenvalue weighted by Gasteiger charge is -2.59. The quantitative estimate of drug-likeness (QED) is 0.465. The Morgan fingerprint density at radius 2 is 1.73 bits per heavy atom. The van der Waals surface area contributed by atoms with Gasteiger partial charge < -0.3 is 19.5 Å². The van der Waals surface area contributed by atoms with Gasteiger partial charge in [-0.2, -0.15) is 0 Å². The Bertz CT molecular complexity index is 932. The van der Waals surface area contributed by atoms with E-state index < -0.39 is 0 Å². The summed E-state index contributed by atoms with van der Waals surface area (Å²) in [5.41, 5.74) is 1.43. The van der Waals surface area contributed by atoms with Gasteiger partial charge in [0.15, 0.2) is 0 Å². The number of carbonyl (C=O) groups is 1. The first-order valence-corrected chi connectivity index (χ1v) is 15.5. The zero-order valence-electron chi connectivity index (χ0n) is 24.8. The molecule has 5 saturated carbocycles. The van der Waals surface area contributed by atoms with Gasteiger partial charge in [-0.3, -0.25) is 0 Å². The van der Waals surface area contributed by atoms with Crippen molar-refractivity contribution < 1.29 is 19.4 Å². The molecule has 12 atom stereocenters. The van der Waals surface area contributed by atoms with Gasteiger partial charge in [-0.15, -0.1) is 0 Å². The third-order valence-electron chi connectivity index (χ3n) is 13.5. The predicted octanol–water partition coefficient (Wildman–Crippen LogP) is 6.52. The molecule has 210 valence electrons. The molecule has 1 amide bonds. The summed E-state index contributed by atoms with van der Waals surface area (Å²) in [6.07, 6.45) is 10.9. The number of aliphatic hydroxyl groups excluding tert-OH is 1. The maximum Gasteiger partial charge on any atom is 0.409 e. The van der Waals surface area contributed by atoms with Crippen LogP contribution in [0.2, 0.25) is 0 Å². The number of rotatable bonds is 3. The van der Waals surface area contributed by atoms with Crippen LogP contribution in [0.3, 0.4) is 0 Å². The topological polar surface area (TPSA) is 59.0 Å². The summed E-state index contributed by atoms with van der Waals surface area (Å²) in [5.74, 6) is 3.67. The average Bonchev–Trinajstić information content (AvgIpc) is 3.39. The van der Waals surface area contributed by atoms with Gasteiger partial charge in [-0.05, 0) is 115 Å². The smallest absolute Gasteiger partial charge is 0.409 e. The number of hydrogen-bond acceptors (Lipinski definition) is 4. The highest BCUT2D eigenvalue weighted by atomic mass is 16.6. The first-order chi connectivity index (χ1) is 17.3. The number of ether oxygens (including phenoxy) is 2. The maximum absolute atomic E-state index is 12.5. The van der Waals surface area contributed by atoms with E-state index in [9.17, 15) is 9.90 Å². The highest BCUT2D eigenvalue weighted by Gasteiger charge is 2.80. The summed E-state index contributed by atoms with van der Waals surface area (Å²) < 4.78 is 13.0. The van der Waals surface area contributed by atoms with Gasteiger partial charge in [0.1, 0.15) is 6.10 Å². The standard InChI is InChI=1S/C32H53NO4/c1-18(2)27(37-28(35)33(7)8)23-15-19(3)26-22(36-23)16-21-20-9-10-24-29(4,5)25(34)11-12-32(24)17-31(20,32)14-13-30(21,26)6/h18-27,34H,9-17H2,1-8H3/t19-,20?,21?,22?,23?,24+,25+,26?,27-,30+,31+,32-/m1/s1. The largest absolute Gasteiger partial charge is 0.443 e. The monoisotopic (exact) mass is 515 g/mol. The van der Waals surface area contributed by atoms with E-state index >= 15 is 0 Å². The van der Waals surface area contributed by atoms with Crippen molar-refractivity contribution in [2.75, 3.05) is 14.1 Å².